The molecule has 0 radical (unpaired) electrons. The van der Waals surface area contributed by atoms with Crippen LogP contribution in [-0.4, -0.2) is 31.0 Å². The first-order valence-corrected chi connectivity index (χ1v) is 7.23. The van der Waals surface area contributed by atoms with Gasteiger partial charge in [0.05, 0.1) is 7.11 Å². The first-order valence-electron chi connectivity index (χ1n) is 7.23. The van der Waals surface area contributed by atoms with Gasteiger partial charge in [-0.25, -0.2) is 0 Å². The number of nitrogen functional groups attached to an aromatic ring is 1. The highest BCUT2D eigenvalue weighted by Gasteiger charge is 2.26. The third-order valence-corrected chi connectivity index (χ3v) is 4.19. The summed E-state index contributed by atoms with van der Waals surface area (Å²) in [6.45, 7) is 2.26. The first kappa shape index (κ1) is 14.7. The highest BCUT2D eigenvalue weighted by atomic mass is 16.5. The lowest BCUT2D eigenvalue weighted by atomic mass is 9.86. The average molecular weight is 276 g/mol. The molecular weight excluding hydrogens is 252 g/mol. The second-order valence-electron chi connectivity index (χ2n) is 5.84. The Bertz CT molecular complexity index is 487. The van der Waals surface area contributed by atoms with Crippen LogP contribution < -0.4 is 10.5 Å². The van der Waals surface area contributed by atoms with Crippen molar-refractivity contribution < 1.29 is 9.53 Å². The predicted octanol–water partition coefficient (Wildman–Crippen LogP) is 2.93. The Hall–Kier alpha value is -1.71. The third kappa shape index (κ3) is 3.24. The zero-order valence-corrected chi connectivity index (χ0v) is 12.6. The van der Waals surface area contributed by atoms with E-state index in [1.54, 1.807) is 25.3 Å². The first-order chi connectivity index (χ1) is 9.51. The van der Waals surface area contributed by atoms with E-state index in [2.05, 4.69) is 6.92 Å². The summed E-state index contributed by atoms with van der Waals surface area (Å²) in [5.74, 6) is 1.34. The van der Waals surface area contributed by atoms with Crippen LogP contribution in [0.1, 0.15) is 43.0 Å². The molecule has 0 aromatic heterocycles. The van der Waals surface area contributed by atoms with Gasteiger partial charge < -0.3 is 15.4 Å². The molecule has 4 nitrogen and oxygen atoms in total. The Morgan fingerprint density at radius 2 is 2.10 bits per heavy atom. The zero-order valence-electron chi connectivity index (χ0n) is 12.6. The van der Waals surface area contributed by atoms with Crippen molar-refractivity contribution in [1.29, 1.82) is 0 Å². The molecule has 0 heterocycles. The normalized spacial score (nSPS) is 22.4. The molecule has 1 aromatic carbocycles. The Labute approximate surface area is 120 Å². The average Bonchev–Trinajstić information content (AvgIpc) is 2.45. The van der Waals surface area contributed by atoms with E-state index in [-0.39, 0.29) is 5.91 Å². The number of methoxy groups -OCH3 is 1. The molecule has 1 fully saturated rings. The van der Waals surface area contributed by atoms with Gasteiger partial charge in [-0.3, -0.25) is 4.79 Å². The number of benzene rings is 1. The third-order valence-electron chi connectivity index (χ3n) is 4.19. The van der Waals surface area contributed by atoms with Crippen molar-refractivity contribution in [2.24, 2.45) is 5.92 Å². The van der Waals surface area contributed by atoms with Gasteiger partial charge in [0.2, 0.25) is 0 Å². The number of nitrogens with two attached hydrogens (primary N) is 1. The molecule has 0 spiro atoms. The molecule has 20 heavy (non-hydrogen) atoms. The molecule has 0 aliphatic heterocycles. The molecule has 4 heteroatoms. The predicted molar refractivity (Wildman–Crippen MR) is 80.9 cm³/mol. The second kappa shape index (κ2) is 6.16. The van der Waals surface area contributed by atoms with Gasteiger partial charge in [0.25, 0.3) is 5.91 Å². The number of hydrogen-bond donors (Lipinski definition) is 1. The van der Waals surface area contributed by atoms with E-state index in [0.717, 1.165) is 12.8 Å². The summed E-state index contributed by atoms with van der Waals surface area (Å²) in [5.41, 5.74) is 6.98. The van der Waals surface area contributed by atoms with E-state index in [1.165, 1.54) is 12.8 Å². The lowest BCUT2D eigenvalue weighted by molar-refractivity contribution is 0.0672. The highest BCUT2D eigenvalue weighted by molar-refractivity contribution is 5.95. The van der Waals surface area contributed by atoms with Crippen LogP contribution >= 0.6 is 0 Å². The fourth-order valence-electron chi connectivity index (χ4n) is 2.99. The van der Waals surface area contributed by atoms with E-state index in [4.69, 9.17) is 10.5 Å². The summed E-state index contributed by atoms with van der Waals surface area (Å²) in [5, 5.41) is 0. The van der Waals surface area contributed by atoms with Gasteiger partial charge in [-0.2, -0.15) is 0 Å². The van der Waals surface area contributed by atoms with Crippen LogP contribution in [0.3, 0.4) is 0 Å². The zero-order chi connectivity index (χ0) is 14.7. The van der Waals surface area contributed by atoms with E-state index in [0.29, 0.717) is 29.0 Å². The number of hydrogen-bond acceptors (Lipinski definition) is 3. The summed E-state index contributed by atoms with van der Waals surface area (Å²) in [7, 11) is 3.47. The minimum atomic E-state index is 0.0229. The maximum atomic E-state index is 12.6. The number of rotatable bonds is 3. The summed E-state index contributed by atoms with van der Waals surface area (Å²) in [4.78, 5) is 14.5. The summed E-state index contributed by atoms with van der Waals surface area (Å²) < 4.78 is 5.18. The van der Waals surface area contributed by atoms with Crippen molar-refractivity contribution in [2.75, 3.05) is 19.9 Å². The smallest absolute Gasteiger partial charge is 0.254 e. The van der Waals surface area contributed by atoms with E-state index in [9.17, 15) is 4.79 Å². The van der Waals surface area contributed by atoms with Crippen LogP contribution in [0.4, 0.5) is 5.69 Å². The van der Waals surface area contributed by atoms with Gasteiger partial charge >= 0.3 is 0 Å². The Kier molecular flexibility index (Phi) is 4.53. The number of ether oxygens (including phenoxy) is 1. The lowest BCUT2D eigenvalue weighted by Crippen LogP contribution is -2.39. The highest BCUT2D eigenvalue weighted by Crippen LogP contribution is 2.28. The van der Waals surface area contributed by atoms with Crippen molar-refractivity contribution in [3.63, 3.8) is 0 Å². The van der Waals surface area contributed by atoms with Crippen molar-refractivity contribution in [3.8, 4) is 5.75 Å². The number of amides is 1. The number of carbonyl (C=O) groups excluding carboxylic acids is 1. The minimum absolute atomic E-state index is 0.0229. The van der Waals surface area contributed by atoms with Gasteiger partial charge in [-0.05, 0) is 30.9 Å². The Morgan fingerprint density at radius 3 is 2.75 bits per heavy atom. The molecule has 2 atom stereocenters. The lowest BCUT2D eigenvalue weighted by Gasteiger charge is -2.34. The molecule has 2 N–H and O–H groups in total. The van der Waals surface area contributed by atoms with Gasteiger partial charge in [0.15, 0.2) is 0 Å². The van der Waals surface area contributed by atoms with Gasteiger partial charge in [0, 0.05) is 30.4 Å². The van der Waals surface area contributed by atoms with Crippen LogP contribution in [-0.2, 0) is 0 Å². The molecule has 2 rings (SSSR count). The number of nitrogens with zero attached hydrogens (tertiary/aromatic N) is 1. The molecule has 1 aliphatic rings. The van der Waals surface area contributed by atoms with Gasteiger partial charge in [-0.15, -0.1) is 0 Å². The van der Waals surface area contributed by atoms with Gasteiger partial charge in [-0.1, -0.05) is 19.8 Å². The van der Waals surface area contributed by atoms with Crippen molar-refractivity contribution in [2.45, 2.75) is 38.6 Å². The molecule has 110 valence electrons. The molecule has 0 bridgehead atoms. The maximum Gasteiger partial charge on any atom is 0.254 e. The van der Waals surface area contributed by atoms with E-state index in [1.807, 2.05) is 11.9 Å². The Morgan fingerprint density at radius 1 is 1.35 bits per heavy atom. The fourth-order valence-corrected chi connectivity index (χ4v) is 2.99. The van der Waals surface area contributed by atoms with Crippen LogP contribution in [0.15, 0.2) is 18.2 Å². The van der Waals surface area contributed by atoms with Gasteiger partial charge in [0.1, 0.15) is 5.75 Å². The molecule has 1 aromatic rings. The number of anilines is 1. The monoisotopic (exact) mass is 276 g/mol. The van der Waals surface area contributed by atoms with Crippen molar-refractivity contribution in [1.82, 2.24) is 4.90 Å². The van der Waals surface area contributed by atoms with Crippen LogP contribution in [0, 0.1) is 5.92 Å². The van der Waals surface area contributed by atoms with Crippen LogP contribution in [0.2, 0.25) is 0 Å². The molecule has 1 aliphatic carbocycles. The van der Waals surface area contributed by atoms with Crippen molar-refractivity contribution in [3.05, 3.63) is 23.8 Å². The summed E-state index contributed by atoms with van der Waals surface area (Å²) in [6.07, 6.45) is 4.64. The molecule has 1 amide bonds. The second-order valence-corrected chi connectivity index (χ2v) is 5.84. The molecular formula is C16H24N2O2. The van der Waals surface area contributed by atoms with Crippen LogP contribution in [0.25, 0.3) is 0 Å². The summed E-state index contributed by atoms with van der Waals surface area (Å²) >= 11 is 0. The van der Waals surface area contributed by atoms with E-state index < -0.39 is 0 Å². The molecule has 1 saturated carbocycles. The van der Waals surface area contributed by atoms with Crippen molar-refractivity contribution >= 4 is 11.6 Å². The largest absolute Gasteiger partial charge is 0.497 e. The Balaban J connectivity index is 2.15. The SMILES string of the molecule is COc1cc(N)cc(C(=O)N(C)C2CCCC(C)C2)c1. The maximum absolute atomic E-state index is 12.6. The quantitative estimate of drug-likeness (QED) is 0.864. The minimum Gasteiger partial charge on any atom is -0.497 e. The number of carbonyl (C=O) groups is 1. The summed E-state index contributed by atoms with van der Waals surface area (Å²) in [6, 6.07) is 5.52. The van der Waals surface area contributed by atoms with E-state index >= 15 is 0 Å². The fraction of sp³-hybridized carbons (Fsp3) is 0.562. The topological polar surface area (TPSA) is 55.6 Å². The molecule has 0 saturated heterocycles. The van der Waals surface area contributed by atoms with Crippen LogP contribution in [0.5, 0.6) is 5.75 Å². The standard InChI is InChI=1S/C16H24N2O2/c1-11-5-4-6-14(7-11)18(2)16(19)12-8-13(17)10-15(9-12)20-3/h8-11,14H,4-7,17H2,1-3H3. The molecule has 2 unspecified atom stereocenters.